The van der Waals surface area contributed by atoms with Crippen LogP contribution in [0.15, 0.2) is 24.4 Å². The van der Waals surface area contributed by atoms with Crippen LogP contribution in [-0.4, -0.2) is 22.6 Å². The van der Waals surface area contributed by atoms with Gasteiger partial charge in [-0.25, -0.2) is 4.98 Å². The molecule has 0 saturated carbocycles. The predicted molar refractivity (Wildman–Crippen MR) is 65.7 cm³/mol. The third-order valence-electron chi connectivity index (χ3n) is 3.21. The molecule has 1 fully saturated rings. The first-order valence-corrected chi connectivity index (χ1v) is 6.03. The summed E-state index contributed by atoms with van der Waals surface area (Å²) in [7, 11) is 0. The van der Waals surface area contributed by atoms with Gasteiger partial charge in [-0.05, 0) is 43.6 Å². The fraction of sp³-hybridized carbons (Fsp3) is 0.417. The second-order valence-electron chi connectivity index (χ2n) is 4.35. The van der Waals surface area contributed by atoms with E-state index in [9.17, 15) is 0 Å². The maximum absolute atomic E-state index is 6.25. The van der Waals surface area contributed by atoms with Crippen LogP contribution in [0.1, 0.15) is 6.42 Å². The molecule has 0 aromatic carbocycles. The van der Waals surface area contributed by atoms with Gasteiger partial charge in [-0.15, -0.1) is 0 Å². The molecule has 0 radical (unpaired) electrons. The molecule has 0 bridgehead atoms. The number of hydrogen-bond acceptors (Lipinski definition) is 2. The van der Waals surface area contributed by atoms with E-state index in [0.29, 0.717) is 5.92 Å². The number of halogens is 1. The number of aromatic nitrogens is 2. The van der Waals surface area contributed by atoms with E-state index in [1.165, 1.54) is 6.42 Å². The molecule has 3 rings (SSSR count). The average Bonchev–Trinajstić information content (AvgIpc) is 2.89. The zero-order valence-corrected chi connectivity index (χ0v) is 9.74. The molecule has 2 aromatic heterocycles. The minimum Gasteiger partial charge on any atom is -0.316 e. The Bertz CT molecular complexity index is 500. The van der Waals surface area contributed by atoms with Crippen LogP contribution in [-0.2, 0) is 6.54 Å². The molecule has 0 amide bonds. The lowest BCUT2D eigenvalue weighted by Gasteiger charge is -2.11. The summed E-state index contributed by atoms with van der Waals surface area (Å²) in [5, 5.41) is 5.29. The van der Waals surface area contributed by atoms with Crippen molar-refractivity contribution in [3.05, 3.63) is 29.5 Å². The largest absolute Gasteiger partial charge is 0.316 e. The standard InChI is InChI=1S/C12H14ClN3/c13-11-6-10-2-1-4-15-12(10)16(11)8-9-3-5-14-7-9/h1-2,4,6,9,14H,3,5,7-8H2. The zero-order valence-electron chi connectivity index (χ0n) is 8.99. The SMILES string of the molecule is Clc1cc2cccnc2n1CC1CCNC1. The summed E-state index contributed by atoms with van der Waals surface area (Å²) in [5.74, 6) is 0.676. The third kappa shape index (κ3) is 1.70. The highest BCUT2D eigenvalue weighted by molar-refractivity contribution is 6.30. The van der Waals surface area contributed by atoms with E-state index in [1.54, 1.807) is 0 Å². The average molecular weight is 236 g/mol. The quantitative estimate of drug-likeness (QED) is 0.866. The Morgan fingerprint density at radius 1 is 1.56 bits per heavy atom. The van der Waals surface area contributed by atoms with Gasteiger partial charge in [0.1, 0.15) is 10.8 Å². The Kier molecular flexibility index (Phi) is 2.58. The van der Waals surface area contributed by atoms with Crippen LogP contribution >= 0.6 is 11.6 Å². The maximum Gasteiger partial charge on any atom is 0.141 e. The minimum atomic E-state index is 0.676. The number of hydrogen-bond donors (Lipinski definition) is 1. The van der Waals surface area contributed by atoms with Gasteiger partial charge >= 0.3 is 0 Å². The normalized spacial score (nSPS) is 20.7. The van der Waals surface area contributed by atoms with Gasteiger partial charge in [-0.3, -0.25) is 0 Å². The fourth-order valence-corrected chi connectivity index (χ4v) is 2.62. The fourth-order valence-electron chi connectivity index (χ4n) is 2.36. The van der Waals surface area contributed by atoms with Crippen molar-refractivity contribution in [1.82, 2.24) is 14.9 Å². The first-order valence-electron chi connectivity index (χ1n) is 5.65. The maximum atomic E-state index is 6.25. The Morgan fingerprint density at radius 3 is 3.31 bits per heavy atom. The van der Waals surface area contributed by atoms with Gasteiger partial charge in [0.25, 0.3) is 0 Å². The van der Waals surface area contributed by atoms with Crippen LogP contribution in [0.3, 0.4) is 0 Å². The summed E-state index contributed by atoms with van der Waals surface area (Å²) in [5.41, 5.74) is 0.999. The monoisotopic (exact) mass is 235 g/mol. The molecular weight excluding hydrogens is 222 g/mol. The zero-order chi connectivity index (χ0) is 11.0. The molecule has 1 N–H and O–H groups in total. The molecule has 3 heterocycles. The molecule has 3 nitrogen and oxygen atoms in total. The summed E-state index contributed by atoms with van der Waals surface area (Å²) in [6.45, 7) is 3.17. The molecule has 0 aliphatic carbocycles. The van der Waals surface area contributed by atoms with Gasteiger partial charge in [-0.2, -0.15) is 0 Å². The Labute approximate surface area is 99.4 Å². The Morgan fingerprint density at radius 2 is 2.50 bits per heavy atom. The van der Waals surface area contributed by atoms with Gasteiger partial charge in [0, 0.05) is 18.1 Å². The Balaban J connectivity index is 1.98. The minimum absolute atomic E-state index is 0.676. The molecular formula is C12H14ClN3. The van der Waals surface area contributed by atoms with Crippen LogP contribution in [0.5, 0.6) is 0 Å². The molecule has 2 aromatic rings. The summed E-state index contributed by atoms with van der Waals surface area (Å²) in [6.07, 6.45) is 3.05. The van der Waals surface area contributed by atoms with Crippen LogP contribution in [0, 0.1) is 5.92 Å². The summed E-state index contributed by atoms with van der Waals surface area (Å²) in [6, 6.07) is 5.99. The number of fused-ring (bicyclic) bond motifs is 1. The van der Waals surface area contributed by atoms with Gasteiger partial charge < -0.3 is 9.88 Å². The van der Waals surface area contributed by atoms with Gasteiger partial charge in [-0.1, -0.05) is 11.6 Å². The first kappa shape index (κ1) is 10.1. The molecule has 1 saturated heterocycles. The lowest BCUT2D eigenvalue weighted by molar-refractivity contribution is 0.490. The van der Waals surface area contributed by atoms with E-state index in [1.807, 2.05) is 18.3 Å². The summed E-state index contributed by atoms with van der Waals surface area (Å²) < 4.78 is 2.12. The highest BCUT2D eigenvalue weighted by atomic mass is 35.5. The highest BCUT2D eigenvalue weighted by Crippen LogP contribution is 2.24. The van der Waals surface area contributed by atoms with Gasteiger partial charge in [0.15, 0.2) is 0 Å². The van der Waals surface area contributed by atoms with E-state index in [0.717, 1.165) is 35.8 Å². The van der Waals surface area contributed by atoms with Crippen molar-refractivity contribution in [3.8, 4) is 0 Å². The number of nitrogens with one attached hydrogen (secondary N) is 1. The first-order chi connectivity index (χ1) is 7.84. The van der Waals surface area contributed by atoms with Crippen LogP contribution in [0.25, 0.3) is 11.0 Å². The van der Waals surface area contributed by atoms with Crippen molar-refractivity contribution < 1.29 is 0 Å². The van der Waals surface area contributed by atoms with E-state index in [2.05, 4.69) is 20.9 Å². The molecule has 1 atom stereocenters. The second-order valence-corrected chi connectivity index (χ2v) is 4.74. The van der Waals surface area contributed by atoms with Crippen molar-refractivity contribution in [2.75, 3.05) is 13.1 Å². The summed E-state index contributed by atoms with van der Waals surface area (Å²) in [4.78, 5) is 4.40. The number of rotatable bonds is 2. The van der Waals surface area contributed by atoms with E-state index in [-0.39, 0.29) is 0 Å². The van der Waals surface area contributed by atoms with Gasteiger partial charge in [0.05, 0.1) is 0 Å². The molecule has 1 aliphatic rings. The molecule has 84 valence electrons. The topological polar surface area (TPSA) is 29.9 Å². The van der Waals surface area contributed by atoms with E-state index in [4.69, 9.17) is 11.6 Å². The molecule has 1 unspecified atom stereocenters. The van der Waals surface area contributed by atoms with Crippen molar-refractivity contribution in [3.63, 3.8) is 0 Å². The molecule has 1 aliphatic heterocycles. The lowest BCUT2D eigenvalue weighted by Crippen LogP contribution is -2.14. The molecule has 16 heavy (non-hydrogen) atoms. The van der Waals surface area contributed by atoms with Crippen molar-refractivity contribution in [2.45, 2.75) is 13.0 Å². The van der Waals surface area contributed by atoms with Crippen LogP contribution < -0.4 is 5.32 Å². The smallest absolute Gasteiger partial charge is 0.141 e. The predicted octanol–water partition coefficient (Wildman–Crippen LogP) is 2.30. The van der Waals surface area contributed by atoms with Crippen molar-refractivity contribution >= 4 is 22.6 Å². The van der Waals surface area contributed by atoms with Crippen LogP contribution in [0.2, 0.25) is 5.15 Å². The van der Waals surface area contributed by atoms with Crippen molar-refractivity contribution in [1.29, 1.82) is 0 Å². The van der Waals surface area contributed by atoms with E-state index < -0.39 is 0 Å². The lowest BCUT2D eigenvalue weighted by atomic mass is 10.1. The number of pyridine rings is 1. The summed E-state index contributed by atoms with van der Waals surface area (Å²) >= 11 is 6.25. The molecule has 4 heteroatoms. The highest BCUT2D eigenvalue weighted by Gasteiger charge is 2.17. The van der Waals surface area contributed by atoms with E-state index >= 15 is 0 Å². The molecule has 0 spiro atoms. The second kappa shape index (κ2) is 4.07. The van der Waals surface area contributed by atoms with Gasteiger partial charge in [0.2, 0.25) is 0 Å². The Hall–Kier alpha value is -1.06. The number of nitrogens with zero attached hydrogens (tertiary/aromatic N) is 2. The van der Waals surface area contributed by atoms with Crippen LogP contribution in [0.4, 0.5) is 0 Å². The van der Waals surface area contributed by atoms with Crippen molar-refractivity contribution in [2.24, 2.45) is 5.92 Å². The third-order valence-corrected chi connectivity index (χ3v) is 3.52.